The maximum absolute atomic E-state index is 11.0. The van der Waals surface area contributed by atoms with Gasteiger partial charge in [-0.2, -0.15) is 0 Å². The molecule has 108 valence electrons. The van der Waals surface area contributed by atoms with Crippen LogP contribution in [0, 0.1) is 13.8 Å². The smallest absolute Gasteiger partial charge is 0.325 e. The monoisotopic (exact) mass is 299 g/mol. The van der Waals surface area contributed by atoms with Gasteiger partial charge in [-0.15, -0.1) is 0 Å². The second kappa shape index (κ2) is 6.16. The van der Waals surface area contributed by atoms with E-state index in [2.05, 4.69) is 0 Å². The molecule has 0 saturated carbocycles. The minimum atomic E-state index is -1.05. The fourth-order valence-electron chi connectivity index (χ4n) is 2.14. The van der Waals surface area contributed by atoms with Crippen molar-refractivity contribution in [2.24, 2.45) is 5.73 Å². The lowest BCUT2D eigenvalue weighted by Gasteiger charge is -2.12. The Morgan fingerprint density at radius 1 is 1.05 bits per heavy atom. The van der Waals surface area contributed by atoms with E-state index in [9.17, 15) is 4.79 Å². The zero-order valence-electron chi connectivity index (χ0n) is 12.0. The molecule has 0 heterocycles. The number of rotatable bonds is 4. The number of carbonyl (C=O) groups is 1. The first-order valence-corrected chi connectivity index (χ1v) is 7.00. The van der Waals surface area contributed by atoms with Crippen LogP contribution in [0.4, 0.5) is 0 Å². The van der Waals surface area contributed by atoms with Crippen LogP contribution in [0.25, 0.3) is 0 Å². The molecule has 3 nitrogen and oxygen atoms in total. The molecule has 3 N–H and O–H groups in total. The van der Waals surface area contributed by atoms with Crippen LogP contribution in [0.1, 0.15) is 33.9 Å². The average molecular weight is 299 g/mol. The van der Waals surface area contributed by atoms with Crippen molar-refractivity contribution < 1.29 is 9.90 Å². The lowest BCUT2D eigenvalue weighted by Crippen LogP contribution is -2.21. The molecule has 0 aliphatic rings. The molecular weight excluding hydrogens is 282 g/mol. The van der Waals surface area contributed by atoms with Gasteiger partial charge in [-0.05, 0) is 36.6 Å². The molecule has 0 saturated heterocycles. The molecule has 0 aromatic heterocycles. The minimum absolute atomic E-state index is 0.562. The van der Waals surface area contributed by atoms with Crippen molar-refractivity contribution >= 4 is 23.1 Å². The van der Waals surface area contributed by atoms with Gasteiger partial charge in [0.25, 0.3) is 0 Å². The number of carboxylic acids is 1. The summed E-state index contributed by atoms with van der Waals surface area (Å²) in [5.41, 5.74) is 10.1. The van der Waals surface area contributed by atoms with Gasteiger partial charge < -0.3 is 10.8 Å². The highest BCUT2D eigenvalue weighted by Gasteiger charge is 2.16. The van der Waals surface area contributed by atoms with Crippen LogP contribution in [0.2, 0.25) is 0 Å². The van der Waals surface area contributed by atoms with Gasteiger partial charge >= 0.3 is 5.97 Å². The third-order valence-corrected chi connectivity index (χ3v) is 3.77. The van der Waals surface area contributed by atoms with Crippen molar-refractivity contribution in [2.45, 2.75) is 19.9 Å². The highest BCUT2D eigenvalue weighted by molar-refractivity contribution is 7.81. The summed E-state index contributed by atoms with van der Waals surface area (Å²) >= 11 is 5.51. The predicted octanol–water partition coefficient (Wildman–Crippen LogP) is 3.15. The Balaban J connectivity index is 2.42. The summed E-state index contributed by atoms with van der Waals surface area (Å²) in [6, 6.07) is 12.4. The second-order valence-corrected chi connectivity index (χ2v) is 5.55. The number of carboxylic acid groups (broad SMARTS) is 1. The Bertz CT molecular complexity index is 692. The van der Waals surface area contributed by atoms with Crippen LogP contribution in [0.5, 0.6) is 0 Å². The number of hydrogen-bond donors (Lipinski definition) is 2. The summed E-state index contributed by atoms with van der Waals surface area (Å²) in [4.78, 5) is 11.7. The van der Waals surface area contributed by atoms with E-state index in [0.29, 0.717) is 10.4 Å². The Hall–Kier alpha value is -2.04. The molecule has 0 amide bonds. The summed E-state index contributed by atoms with van der Waals surface area (Å²) in [5, 5.41) is 9.05. The predicted molar refractivity (Wildman–Crippen MR) is 87.7 cm³/mol. The zero-order valence-corrected chi connectivity index (χ0v) is 12.8. The molecule has 0 spiro atoms. The lowest BCUT2D eigenvalue weighted by atomic mass is 9.97. The topological polar surface area (TPSA) is 63.3 Å². The van der Waals surface area contributed by atoms with E-state index in [0.717, 1.165) is 16.7 Å². The van der Waals surface area contributed by atoms with E-state index in [4.69, 9.17) is 23.1 Å². The summed E-state index contributed by atoms with van der Waals surface area (Å²) < 4.78 is 0. The largest absolute Gasteiger partial charge is 0.480 e. The third-order valence-electron chi connectivity index (χ3n) is 3.30. The third kappa shape index (κ3) is 3.54. The fourth-order valence-corrected chi connectivity index (χ4v) is 2.39. The van der Waals surface area contributed by atoms with Crippen LogP contribution >= 0.6 is 12.2 Å². The Kier molecular flexibility index (Phi) is 4.50. The van der Waals surface area contributed by atoms with Crippen LogP contribution in [-0.4, -0.2) is 15.9 Å². The van der Waals surface area contributed by atoms with E-state index in [1.54, 1.807) is 12.1 Å². The minimum Gasteiger partial charge on any atom is -0.480 e. The molecule has 0 aliphatic heterocycles. The Morgan fingerprint density at radius 2 is 1.67 bits per heavy atom. The quantitative estimate of drug-likeness (QED) is 0.672. The summed E-state index contributed by atoms with van der Waals surface area (Å²) in [6.45, 7) is 3.92. The van der Waals surface area contributed by atoms with Crippen molar-refractivity contribution in [3.63, 3.8) is 0 Å². The van der Waals surface area contributed by atoms with Gasteiger partial charge in [0.2, 0.25) is 0 Å². The van der Waals surface area contributed by atoms with E-state index >= 15 is 0 Å². The van der Waals surface area contributed by atoms with Crippen molar-refractivity contribution in [1.29, 1.82) is 0 Å². The molecule has 0 bridgehead atoms. The molecular formula is C17H17NO2S. The van der Waals surface area contributed by atoms with Crippen molar-refractivity contribution in [3.8, 4) is 0 Å². The second-order valence-electron chi connectivity index (χ2n) is 5.14. The van der Waals surface area contributed by atoms with Crippen LogP contribution in [0.3, 0.4) is 0 Å². The SMILES string of the molecule is Cc1ccc(C(=S)c2cc(C)cc(C(N)C(=O)O)c2)cc1. The number of nitrogens with two attached hydrogens (primary N) is 1. The summed E-state index contributed by atoms with van der Waals surface area (Å²) in [7, 11) is 0. The van der Waals surface area contributed by atoms with Crippen LogP contribution in [-0.2, 0) is 4.79 Å². The number of aryl methyl sites for hydroxylation is 2. The normalized spacial score (nSPS) is 12.0. The van der Waals surface area contributed by atoms with Gasteiger partial charge in [0.1, 0.15) is 6.04 Å². The van der Waals surface area contributed by atoms with E-state index in [1.807, 2.05) is 44.2 Å². The van der Waals surface area contributed by atoms with E-state index in [-0.39, 0.29) is 0 Å². The highest BCUT2D eigenvalue weighted by Crippen LogP contribution is 2.19. The number of thiocarbonyl (C=S) groups is 1. The molecule has 2 rings (SSSR count). The van der Waals surface area contributed by atoms with Crippen molar-refractivity contribution in [2.75, 3.05) is 0 Å². The van der Waals surface area contributed by atoms with Gasteiger partial charge in [-0.1, -0.05) is 59.7 Å². The Labute approximate surface area is 129 Å². The van der Waals surface area contributed by atoms with Gasteiger partial charge in [0, 0.05) is 0 Å². The lowest BCUT2D eigenvalue weighted by molar-refractivity contribution is -0.138. The first-order valence-electron chi connectivity index (χ1n) is 6.60. The number of benzene rings is 2. The van der Waals surface area contributed by atoms with Crippen LogP contribution in [0.15, 0.2) is 42.5 Å². The molecule has 0 fully saturated rings. The van der Waals surface area contributed by atoms with Crippen LogP contribution < -0.4 is 5.73 Å². The van der Waals surface area contributed by atoms with Crippen molar-refractivity contribution in [1.82, 2.24) is 0 Å². The van der Waals surface area contributed by atoms with E-state index < -0.39 is 12.0 Å². The molecule has 4 heteroatoms. The molecule has 2 aromatic carbocycles. The highest BCUT2D eigenvalue weighted by atomic mass is 32.1. The maximum atomic E-state index is 11.0. The molecule has 0 aliphatic carbocycles. The van der Waals surface area contributed by atoms with Gasteiger partial charge in [0.05, 0.1) is 4.86 Å². The van der Waals surface area contributed by atoms with E-state index in [1.165, 1.54) is 5.56 Å². The maximum Gasteiger partial charge on any atom is 0.325 e. The van der Waals surface area contributed by atoms with Gasteiger partial charge in [-0.3, -0.25) is 4.79 Å². The Morgan fingerprint density at radius 3 is 2.24 bits per heavy atom. The summed E-state index contributed by atoms with van der Waals surface area (Å²) in [5.74, 6) is -1.05. The molecule has 2 aromatic rings. The zero-order chi connectivity index (χ0) is 15.6. The molecule has 1 atom stereocenters. The van der Waals surface area contributed by atoms with Crippen molar-refractivity contribution in [3.05, 3.63) is 70.3 Å². The first kappa shape index (κ1) is 15.4. The average Bonchev–Trinajstić information content (AvgIpc) is 2.45. The number of hydrogen-bond acceptors (Lipinski definition) is 3. The van der Waals surface area contributed by atoms with Gasteiger partial charge in [0.15, 0.2) is 0 Å². The molecule has 21 heavy (non-hydrogen) atoms. The fraction of sp³-hybridized carbons (Fsp3) is 0.176. The van der Waals surface area contributed by atoms with Gasteiger partial charge in [-0.25, -0.2) is 0 Å². The molecule has 0 radical (unpaired) electrons. The first-order chi connectivity index (χ1) is 9.88. The molecule has 1 unspecified atom stereocenters. The standard InChI is InChI=1S/C17H17NO2S/c1-10-3-5-12(6-4-10)16(21)14-8-11(2)7-13(9-14)15(18)17(19)20/h3-9,15H,18H2,1-2H3,(H,19,20). The summed E-state index contributed by atoms with van der Waals surface area (Å²) in [6.07, 6.45) is 0. The number of aliphatic carboxylic acids is 1.